The van der Waals surface area contributed by atoms with Crippen LogP contribution in [0.1, 0.15) is 16.4 Å². The van der Waals surface area contributed by atoms with Gasteiger partial charge in [0.15, 0.2) is 17.3 Å². The second kappa shape index (κ2) is 5.91. The number of benzene rings is 1. The summed E-state index contributed by atoms with van der Waals surface area (Å²) < 4.78 is 5.65. The van der Waals surface area contributed by atoms with Crippen molar-refractivity contribution in [2.45, 2.75) is 12.3 Å². The molecule has 1 saturated heterocycles. The van der Waals surface area contributed by atoms with Gasteiger partial charge in [0.1, 0.15) is 0 Å². The van der Waals surface area contributed by atoms with Gasteiger partial charge in [0.25, 0.3) is 5.91 Å². The first-order valence-corrected chi connectivity index (χ1v) is 7.91. The van der Waals surface area contributed by atoms with Crippen LogP contribution in [0.3, 0.4) is 0 Å². The van der Waals surface area contributed by atoms with E-state index < -0.39 is 0 Å². The summed E-state index contributed by atoms with van der Waals surface area (Å²) in [5, 5.41) is 0.0260. The highest BCUT2D eigenvalue weighted by Crippen LogP contribution is 2.29. The van der Waals surface area contributed by atoms with Crippen LogP contribution in [0.25, 0.3) is 11.3 Å². The Morgan fingerprint density at radius 3 is 2.95 bits per heavy atom. The van der Waals surface area contributed by atoms with Crippen LogP contribution < -0.4 is 5.73 Å². The number of hydrogen-bond acceptors (Lipinski definition) is 5. The van der Waals surface area contributed by atoms with Gasteiger partial charge < -0.3 is 15.1 Å². The summed E-state index contributed by atoms with van der Waals surface area (Å²) in [6.45, 7) is 2.90. The lowest BCUT2D eigenvalue weighted by atomic mass is 10.1. The topological polar surface area (TPSA) is 72.4 Å². The second-order valence-electron chi connectivity index (χ2n) is 4.84. The van der Waals surface area contributed by atoms with Gasteiger partial charge in [-0.05, 0) is 0 Å². The molecule has 1 unspecified atom stereocenters. The lowest BCUT2D eigenvalue weighted by Gasteiger charge is -2.21. The largest absolute Gasteiger partial charge is 0.440 e. The first-order valence-electron chi connectivity index (χ1n) is 6.86. The van der Waals surface area contributed by atoms with Crippen LogP contribution in [0.4, 0.5) is 0 Å². The summed E-state index contributed by atoms with van der Waals surface area (Å²) in [5.74, 6) is 1.83. The Balaban J connectivity index is 1.97. The van der Waals surface area contributed by atoms with Gasteiger partial charge in [0.2, 0.25) is 0 Å². The summed E-state index contributed by atoms with van der Waals surface area (Å²) >= 11 is 1.70. The summed E-state index contributed by atoms with van der Waals surface area (Å²) in [6, 6.07) is 9.58. The van der Waals surface area contributed by atoms with Crippen molar-refractivity contribution in [3.8, 4) is 11.3 Å². The van der Waals surface area contributed by atoms with Crippen molar-refractivity contribution in [1.82, 2.24) is 9.88 Å². The maximum Gasteiger partial charge on any atom is 0.277 e. The Bertz CT molecular complexity index is 642. The van der Waals surface area contributed by atoms with Crippen molar-refractivity contribution in [1.29, 1.82) is 0 Å². The normalized spacial score (nSPS) is 18.2. The summed E-state index contributed by atoms with van der Waals surface area (Å²) in [5.41, 5.74) is 6.97. The van der Waals surface area contributed by atoms with Crippen molar-refractivity contribution in [3.05, 3.63) is 41.9 Å². The quantitative estimate of drug-likeness (QED) is 0.940. The highest BCUT2D eigenvalue weighted by atomic mass is 32.2. The predicted octanol–water partition coefficient (Wildman–Crippen LogP) is 2.12. The Kier molecular flexibility index (Phi) is 3.98. The molecule has 0 aliphatic carbocycles. The molecule has 1 aliphatic heterocycles. The molecule has 3 rings (SSSR count). The van der Waals surface area contributed by atoms with Crippen molar-refractivity contribution >= 4 is 17.7 Å². The SMILES string of the molecule is Cc1nc(C(=O)N2CCSC2CN)c(-c2ccccc2)o1. The summed E-state index contributed by atoms with van der Waals surface area (Å²) in [6.07, 6.45) is 0. The minimum Gasteiger partial charge on any atom is -0.440 e. The number of rotatable bonds is 3. The van der Waals surface area contributed by atoms with E-state index in [1.165, 1.54) is 0 Å². The van der Waals surface area contributed by atoms with Crippen molar-refractivity contribution in [3.63, 3.8) is 0 Å². The van der Waals surface area contributed by atoms with E-state index in [1.807, 2.05) is 30.3 Å². The van der Waals surface area contributed by atoms with E-state index in [0.29, 0.717) is 30.4 Å². The zero-order valence-corrected chi connectivity index (χ0v) is 12.6. The van der Waals surface area contributed by atoms with Crippen molar-refractivity contribution in [2.24, 2.45) is 5.73 Å². The third-order valence-corrected chi connectivity index (χ3v) is 4.68. The minimum atomic E-state index is -0.105. The molecule has 110 valence electrons. The van der Waals surface area contributed by atoms with Crippen LogP contribution in [0.2, 0.25) is 0 Å². The molecule has 2 N–H and O–H groups in total. The number of aromatic nitrogens is 1. The zero-order valence-electron chi connectivity index (χ0n) is 11.8. The van der Waals surface area contributed by atoms with Crippen LogP contribution in [0, 0.1) is 6.92 Å². The molecular formula is C15H17N3O2S. The average Bonchev–Trinajstić information content (AvgIpc) is 3.13. The smallest absolute Gasteiger partial charge is 0.277 e. The van der Waals surface area contributed by atoms with E-state index in [2.05, 4.69) is 4.98 Å². The molecule has 1 amide bonds. The maximum atomic E-state index is 12.8. The minimum absolute atomic E-state index is 0.0260. The molecule has 0 spiro atoms. The van der Waals surface area contributed by atoms with Gasteiger partial charge in [-0.15, -0.1) is 11.8 Å². The highest BCUT2D eigenvalue weighted by molar-refractivity contribution is 8.00. The van der Waals surface area contributed by atoms with Crippen LogP contribution in [0.5, 0.6) is 0 Å². The first kappa shape index (κ1) is 14.2. The fraction of sp³-hybridized carbons (Fsp3) is 0.333. The molecule has 5 nitrogen and oxygen atoms in total. The van der Waals surface area contributed by atoms with E-state index in [-0.39, 0.29) is 11.3 Å². The lowest BCUT2D eigenvalue weighted by Crippen LogP contribution is -2.39. The van der Waals surface area contributed by atoms with Crippen molar-refractivity contribution in [2.75, 3.05) is 18.8 Å². The van der Waals surface area contributed by atoms with Crippen LogP contribution >= 0.6 is 11.8 Å². The van der Waals surface area contributed by atoms with Crippen LogP contribution in [-0.4, -0.2) is 40.0 Å². The lowest BCUT2D eigenvalue weighted by molar-refractivity contribution is 0.0759. The Morgan fingerprint density at radius 1 is 1.48 bits per heavy atom. The molecule has 1 aromatic heterocycles. The van der Waals surface area contributed by atoms with E-state index in [0.717, 1.165) is 11.3 Å². The molecule has 0 bridgehead atoms. The number of aryl methyl sites for hydroxylation is 1. The molecule has 1 atom stereocenters. The number of carbonyl (C=O) groups is 1. The molecule has 1 aliphatic rings. The van der Waals surface area contributed by atoms with Gasteiger partial charge >= 0.3 is 0 Å². The van der Waals surface area contributed by atoms with E-state index >= 15 is 0 Å². The van der Waals surface area contributed by atoms with E-state index in [4.69, 9.17) is 10.2 Å². The first-order chi connectivity index (χ1) is 10.2. The standard InChI is InChI=1S/C15H17N3O2S/c1-10-17-13(14(20-10)11-5-3-2-4-6-11)15(19)18-7-8-21-12(18)9-16/h2-6,12H,7-9,16H2,1H3. The van der Waals surface area contributed by atoms with Gasteiger partial charge in [0, 0.05) is 31.3 Å². The van der Waals surface area contributed by atoms with E-state index in [1.54, 1.807) is 23.6 Å². The van der Waals surface area contributed by atoms with Gasteiger partial charge in [0.05, 0.1) is 5.37 Å². The number of oxazole rings is 1. The molecule has 21 heavy (non-hydrogen) atoms. The molecular weight excluding hydrogens is 286 g/mol. The number of nitrogens with zero attached hydrogens (tertiary/aromatic N) is 2. The monoisotopic (exact) mass is 303 g/mol. The number of thioether (sulfide) groups is 1. The predicted molar refractivity (Wildman–Crippen MR) is 83.0 cm³/mol. The van der Waals surface area contributed by atoms with Crippen LogP contribution in [0.15, 0.2) is 34.7 Å². The second-order valence-corrected chi connectivity index (χ2v) is 6.12. The van der Waals surface area contributed by atoms with Gasteiger partial charge in [-0.25, -0.2) is 4.98 Å². The van der Waals surface area contributed by atoms with Crippen LogP contribution in [-0.2, 0) is 0 Å². The molecule has 6 heteroatoms. The van der Waals surface area contributed by atoms with E-state index in [9.17, 15) is 4.79 Å². The summed E-state index contributed by atoms with van der Waals surface area (Å²) in [7, 11) is 0. The average molecular weight is 303 g/mol. The molecule has 2 aromatic rings. The van der Waals surface area contributed by atoms with Crippen molar-refractivity contribution < 1.29 is 9.21 Å². The Hall–Kier alpha value is -1.79. The third kappa shape index (κ3) is 2.69. The highest BCUT2D eigenvalue weighted by Gasteiger charge is 2.32. The van der Waals surface area contributed by atoms with Gasteiger partial charge in [-0.2, -0.15) is 0 Å². The number of amides is 1. The zero-order chi connectivity index (χ0) is 14.8. The molecule has 1 fully saturated rings. The number of nitrogens with two attached hydrogens (primary N) is 1. The maximum absolute atomic E-state index is 12.8. The number of carbonyl (C=O) groups excluding carboxylic acids is 1. The molecule has 1 aromatic carbocycles. The van der Waals surface area contributed by atoms with Gasteiger partial charge in [-0.1, -0.05) is 30.3 Å². The number of hydrogen-bond donors (Lipinski definition) is 1. The molecule has 0 radical (unpaired) electrons. The fourth-order valence-corrected chi connectivity index (χ4v) is 3.53. The Labute approximate surface area is 127 Å². The Morgan fingerprint density at radius 2 is 2.24 bits per heavy atom. The fourth-order valence-electron chi connectivity index (χ4n) is 2.44. The third-order valence-electron chi connectivity index (χ3n) is 3.43. The summed E-state index contributed by atoms with van der Waals surface area (Å²) in [4.78, 5) is 18.8. The molecule has 2 heterocycles. The van der Waals surface area contributed by atoms with Gasteiger partial charge in [-0.3, -0.25) is 4.79 Å². The molecule has 0 saturated carbocycles.